The summed E-state index contributed by atoms with van der Waals surface area (Å²) in [6.07, 6.45) is 0.994. The molecule has 8 heteroatoms. The topological polar surface area (TPSA) is 120 Å². The van der Waals surface area contributed by atoms with Gasteiger partial charge in [0.25, 0.3) is 5.91 Å². The van der Waals surface area contributed by atoms with E-state index in [0.29, 0.717) is 35.3 Å². The third-order valence-electron chi connectivity index (χ3n) is 6.00. The van der Waals surface area contributed by atoms with E-state index in [1.165, 1.54) is 12.1 Å². The van der Waals surface area contributed by atoms with Gasteiger partial charge in [-0.15, -0.1) is 0 Å². The van der Waals surface area contributed by atoms with Crippen LogP contribution in [0.3, 0.4) is 0 Å². The Bertz CT molecular complexity index is 1350. The fourth-order valence-electron chi connectivity index (χ4n) is 4.35. The molecule has 2 aromatic carbocycles. The van der Waals surface area contributed by atoms with Crippen LogP contribution in [-0.4, -0.2) is 31.4 Å². The van der Waals surface area contributed by atoms with Crippen LogP contribution in [0.1, 0.15) is 36.2 Å². The van der Waals surface area contributed by atoms with Gasteiger partial charge in [-0.05, 0) is 56.2 Å². The Labute approximate surface area is 183 Å². The van der Waals surface area contributed by atoms with Gasteiger partial charge in [0, 0.05) is 16.5 Å². The SMILES string of the molecule is CC1(O)CC(n2nc(-c3ccc4ccc(-c5ccc(F)cc5)nc4c3)c(C(N)=O)c2N)C1. The molecule has 162 valence electrons. The van der Waals surface area contributed by atoms with E-state index in [-0.39, 0.29) is 23.2 Å². The van der Waals surface area contributed by atoms with Crippen LogP contribution in [0, 0.1) is 5.82 Å². The van der Waals surface area contributed by atoms with E-state index < -0.39 is 11.5 Å². The largest absolute Gasteiger partial charge is 0.390 e. The zero-order valence-electron chi connectivity index (χ0n) is 17.4. The first-order valence-electron chi connectivity index (χ1n) is 10.3. The first-order chi connectivity index (χ1) is 15.2. The summed E-state index contributed by atoms with van der Waals surface area (Å²) in [5.74, 6) is -0.777. The smallest absolute Gasteiger partial charge is 0.254 e. The van der Waals surface area contributed by atoms with Gasteiger partial charge in [-0.1, -0.05) is 18.2 Å². The van der Waals surface area contributed by atoms with Gasteiger partial charge >= 0.3 is 0 Å². The number of aliphatic hydroxyl groups is 1. The molecule has 0 atom stereocenters. The van der Waals surface area contributed by atoms with Crippen molar-refractivity contribution < 1.29 is 14.3 Å². The summed E-state index contributed by atoms with van der Waals surface area (Å²) in [7, 11) is 0. The molecule has 5 rings (SSSR count). The summed E-state index contributed by atoms with van der Waals surface area (Å²) >= 11 is 0. The Hall–Kier alpha value is -3.78. The number of halogens is 1. The standard InChI is InChI=1S/C24H22FN5O2/c1-24(32)11-17(12-24)30-22(26)20(23(27)31)21(29-30)15-3-2-14-6-9-18(28-19(14)10-15)13-4-7-16(25)8-5-13/h2-10,17,32H,11-12,26H2,1H3,(H2,27,31). The highest BCUT2D eigenvalue weighted by Gasteiger charge is 2.41. The highest BCUT2D eigenvalue weighted by Crippen LogP contribution is 2.43. The molecule has 1 aliphatic rings. The summed E-state index contributed by atoms with van der Waals surface area (Å²) in [4.78, 5) is 16.9. The van der Waals surface area contributed by atoms with E-state index in [4.69, 9.17) is 16.5 Å². The predicted octanol–water partition coefficient (Wildman–Crippen LogP) is 3.67. The molecular weight excluding hydrogens is 409 g/mol. The molecule has 0 bridgehead atoms. The van der Waals surface area contributed by atoms with Crippen molar-refractivity contribution in [1.82, 2.24) is 14.8 Å². The van der Waals surface area contributed by atoms with Crippen molar-refractivity contribution in [1.29, 1.82) is 0 Å². The molecule has 0 aliphatic heterocycles. The lowest BCUT2D eigenvalue weighted by molar-refractivity contribution is -0.0535. The zero-order valence-corrected chi connectivity index (χ0v) is 17.4. The van der Waals surface area contributed by atoms with Crippen molar-refractivity contribution in [2.75, 3.05) is 5.73 Å². The van der Waals surface area contributed by atoms with Gasteiger partial charge in [0.2, 0.25) is 0 Å². The molecule has 1 amide bonds. The number of amides is 1. The van der Waals surface area contributed by atoms with Gasteiger partial charge in [0.15, 0.2) is 0 Å². The number of hydrogen-bond donors (Lipinski definition) is 3. The highest BCUT2D eigenvalue weighted by molar-refractivity contribution is 6.04. The lowest BCUT2D eigenvalue weighted by atomic mass is 9.77. The molecule has 1 saturated carbocycles. The number of hydrogen-bond acceptors (Lipinski definition) is 5. The van der Waals surface area contributed by atoms with Crippen LogP contribution in [0.15, 0.2) is 54.6 Å². The molecule has 5 N–H and O–H groups in total. The van der Waals surface area contributed by atoms with Crippen molar-refractivity contribution in [2.24, 2.45) is 5.73 Å². The van der Waals surface area contributed by atoms with Gasteiger partial charge in [-0.3, -0.25) is 4.79 Å². The maximum atomic E-state index is 13.3. The number of anilines is 1. The molecule has 1 fully saturated rings. The fraction of sp³-hybridized carbons (Fsp3) is 0.208. The Kier molecular flexibility index (Phi) is 4.49. The number of nitrogens with zero attached hydrogens (tertiary/aromatic N) is 3. The number of nitrogens with two attached hydrogens (primary N) is 2. The molecule has 0 radical (unpaired) electrons. The van der Waals surface area contributed by atoms with Crippen LogP contribution in [0.2, 0.25) is 0 Å². The second-order valence-electron chi connectivity index (χ2n) is 8.59. The Morgan fingerprint density at radius 1 is 1.12 bits per heavy atom. The average Bonchev–Trinajstić information content (AvgIpc) is 3.08. The van der Waals surface area contributed by atoms with E-state index in [1.54, 1.807) is 23.7 Å². The summed E-state index contributed by atoms with van der Waals surface area (Å²) in [5.41, 5.74) is 14.5. The third-order valence-corrected chi connectivity index (χ3v) is 6.00. The van der Waals surface area contributed by atoms with Crippen LogP contribution >= 0.6 is 0 Å². The molecule has 32 heavy (non-hydrogen) atoms. The maximum absolute atomic E-state index is 13.3. The number of fused-ring (bicyclic) bond motifs is 1. The molecule has 2 heterocycles. The number of nitrogen functional groups attached to an aromatic ring is 1. The molecule has 4 aromatic rings. The number of primary amides is 1. The molecule has 0 saturated heterocycles. The summed E-state index contributed by atoms with van der Waals surface area (Å²) in [6, 6.07) is 15.4. The average molecular weight is 431 g/mol. The summed E-state index contributed by atoms with van der Waals surface area (Å²) < 4.78 is 14.9. The van der Waals surface area contributed by atoms with Crippen LogP contribution in [-0.2, 0) is 0 Å². The number of rotatable bonds is 4. The quantitative estimate of drug-likeness (QED) is 0.455. The van der Waals surface area contributed by atoms with E-state index in [9.17, 15) is 14.3 Å². The van der Waals surface area contributed by atoms with Gasteiger partial charge in [-0.2, -0.15) is 5.10 Å². The minimum atomic E-state index is -0.764. The van der Waals surface area contributed by atoms with Crippen molar-refractivity contribution in [3.63, 3.8) is 0 Å². The summed E-state index contributed by atoms with van der Waals surface area (Å²) in [6.45, 7) is 1.76. The number of carbonyl (C=O) groups is 1. The lowest BCUT2D eigenvalue weighted by Gasteiger charge is -2.41. The van der Waals surface area contributed by atoms with Crippen LogP contribution < -0.4 is 11.5 Å². The normalized spacial score (nSPS) is 20.3. The van der Waals surface area contributed by atoms with E-state index in [1.807, 2.05) is 30.3 Å². The van der Waals surface area contributed by atoms with Crippen molar-refractivity contribution in [3.05, 3.63) is 66.0 Å². The second kappa shape index (κ2) is 7.13. The van der Waals surface area contributed by atoms with Crippen LogP contribution in [0.25, 0.3) is 33.4 Å². The van der Waals surface area contributed by atoms with Gasteiger partial charge in [0.1, 0.15) is 22.9 Å². The summed E-state index contributed by atoms with van der Waals surface area (Å²) in [5, 5.41) is 15.6. The number of benzene rings is 2. The van der Waals surface area contributed by atoms with Gasteiger partial charge < -0.3 is 16.6 Å². The first-order valence-corrected chi connectivity index (χ1v) is 10.3. The minimum Gasteiger partial charge on any atom is -0.390 e. The molecule has 0 unspecified atom stereocenters. The van der Waals surface area contributed by atoms with E-state index in [0.717, 1.165) is 10.9 Å². The van der Waals surface area contributed by atoms with Crippen molar-refractivity contribution >= 4 is 22.6 Å². The third kappa shape index (κ3) is 3.38. The zero-order chi connectivity index (χ0) is 22.6. The maximum Gasteiger partial charge on any atom is 0.254 e. The second-order valence-corrected chi connectivity index (χ2v) is 8.59. The molecule has 7 nitrogen and oxygen atoms in total. The Morgan fingerprint density at radius 2 is 1.78 bits per heavy atom. The number of pyridine rings is 1. The molecular formula is C24H22FN5O2. The fourth-order valence-corrected chi connectivity index (χ4v) is 4.35. The number of carbonyl (C=O) groups excluding carboxylic acids is 1. The molecule has 2 aromatic heterocycles. The highest BCUT2D eigenvalue weighted by atomic mass is 19.1. The Morgan fingerprint density at radius 3 is 2.44 bits per heavy atom. The van der Waals surface area contributed by atoms with E-state index in [2.05, 4.69) is 5.10 Å². The first kappa shape index (κ1) is 20.1. The minimum absolute atomic E-state index is 0.0967. The van der Waals surface area contributed by atoms with E-state index >= 15 is 0 Å². The van der Waals surface area contributed by atoms with Crippen molar-refractivity contribution in [2.45, 2.75) is 31.4 Å². The van der Waals surface area contributed by atoms with Crippen LogP contribution in [0.5, 0.6) is 0 Å². The van der Waals surface area contributed by atoms with Gasteiger partial charge in [0.05, 0.1) is 22.9 Å². The number of aromatic nitrogens is 3. The van der Waals surface area contributed by atoms with Gasteiger partial charge in [-0.25, -0.2) is 14.1 Å². The molecule has 0 spiro atoms. The van der Waals surface area contributed by atoms with Crippen molar-refractivity contribution in [3.8, 4) is 22.5 Å². The molecule has 1 aliphatic carbocycles. The predicted molar refractivity (Wildman–Crippen MR) is 120 cm³/mol. The van der Waals surface area contributed by atoms with Crippen LogP contribution in [0.4, 0.5) is 10.2 Å². The monoisotopic (exact) mass is 431 g/mol. The Balaban J connectivity index is 1.59. The lowest BCUT2D eigenvalue weighted by Crippen LogP contribution is -2.42.